The van der Waals surface area contributed by atoms with Crippen molar-refractivity contribution in [3.05, 3.63) is 76.9 Å². The summed E-state index contributed by atoms with van der Waals surface area (Å²) in [6, 6.07) is 10.6. The number of aliphatic hydroxyl groups is 1. The number of rotatable bonds is 7. The Balaban J connectivity index is 1.62. The van der Waals surface area contributed by atoms with Crippen LogP contribution in [0, 0.1) is 11.6 Å². The first-order valence-corrected chi connectivity index (χ1v) is 9.48. The van der Waals surface area contributed by atoms with Crippen LogP contribution in [0.2, 0.25) is 0 Å². The molecule has 154 valence electrons. The number of amides is 1. The second kappa shape index (κ2) is 10.2. The molecule has 0 unspecified atom stereocenters. The van der Waals surface area contributed by atoms with Gasteiger partial charge in [0, 0.05) is 25.7 Å². The van der Waals surface area contributed by atoms with E-state index in [4.69, 9.17) is 4.74 Å². The van der Waals surface area contributed by atoms with Gasteiger partial charge in [0.1, 0.15) is 0 Å². The van der Waals surface area contributed by atoms with Crippen LogP contribution in [0.5, 0.6) is 0 Å². The van der Waals surface area contributed by atoms with Gasteiger partial charge in [0.05, 0.1) is 25.9 Å². The zero-order chi connectivity index (χ0) is 20.6. The number of ether oxygens (including phenoxy) is 1. The molecule has 0 spiro atoms. The average Bonchev–Trinajstić information content (AvgIpc) is 2.74. The van der Waals surface area contributed by atoms with Crippen LogP contribution in [-0.2, 0) is 16.1 Å². The monoisotopic (exact) mass is 402 g/mol. The number of halogens is 2. The van der Waals surface area contributed by atoms with Crippen molar-refractivity contribution in [3.63, 3.8) is 0 Å². The minimum absolute atomic E-state index is 0.258. The van der Waals surface area contributed by atoms with Crippen molar-refractivity contribution >= 4 is 12.0 Å². The molecule has 3 rings (SSSR count). The van der Waals surface area contributed by atoms with E-state index in [1.807, 2.05) is 24.3 Å². The Morgan fingerprint density at radius 1 is 1.17 bits per heavy atom. The van der Waals surface area contributed by atoms with E-state index in [0.717, 1.165) is 56.1 Å². The van der Waals surface area contributed by atoms with Gasteiger partial charge >= 0.3 is 0 Å². The molecule has 1 saturated heterocycles. The molecule has 29 heavy (non-hydrogen) atoms. The highest BCUT2D eigenvalue weighted by Crippen LogP contribution is 2.17. The largest absolute Gasteiger partial charge is 0.394 e. The second-order valence-corrected chi connectivity index (χ2v) is 6.88. The number of carbonyl (C=O) groups excluding carboxylic acids is 1. The van der Waals surface area contributed by atoms with Crippen LogP contribution in [0.4, 0.5) is 8.78 Å². The number of benzene rings is 2. The molecule has 0 bridgehead atoms. The molecule has 2 N–H and O–H groups in total. The van der Waals surface area contributed by atoms with E-state index in [1.54, 1.807) is 0 Å². The molecule has 1 aliphatic heterocycles. The van der Waals surface area contributed by atoms with Gasteiger partial charge in [0.15, 0.2) is 11.6 Å². The van der Waals surface area contributed by atoms with Crippen molar-refractivity contribution in [2.75, 3.05) is 32.9 Å². The number of morpholine rings is 1. The zero-order valence-electron chi connectivity index (χ0n) is 16.0. The van der Waals surface area contributed by atoms with Crippen molar-refractivity contribution in [2.45, 2.75) is 12.6 Å². The van der Waals surface area contributed by atoms with Crippen LogP contribution < -0.4 is 5.32 Å². The molecule has 7 heteroatoms. The number of hydrogen-bond donors (Lipinski definition) is 2. The summed E-state index contributed by atoms with van der Waals surface area (Å²) in [4.78, 5) is 14.5. The summed E-state index contributed by atoms with van der Waals surface area (Å²) in [7, 11) is 0. The predicted octanol–water partition coefficient (Wildman–Crippen LogP) is 2.66. The third kappa shape index (κ3) is 6.19. The molecule has 1 heterocycles. The first-order chi connectivity index (χ1) is 14.0. The van der Waals surface area contributed by atoms with Crippen molar-refractivity contribution in [2.24, 2.45) is 0 Å². The van der Waals surface area contributed by atoms with E-state index in [-0.39, 0.29) is 6.61 Å². The van der Waals surface area contributed by atoms with E-state index in [2.05, 4.69) is 10.2 Å². The Morgan fingerprint density at radius 3 is 2.69 bits per heavy atom. The highest BCUT2D eigenvalue weighted by atomic mass is 19.2. The Kier molecular flexibility index (Phi) is 7.46. The fourth-order valence-corrected chi connectivity index (χ4v) is 3.17. The highest BCUT2D eigenvalue weighted by Gasteiger charge is 2.15. The van der Waals surface area contributed by atoms with Crippen molar-refractivity contribution < 1.29 is 23.4 Å². The summed E-state index contributed by atoms with van der Waals surface area (Å²) in [6.45, 7) is 3.71. The molecule has 0 radical (unpaired) electrons. The topological polar surface area (TPSA) is 61.8 Å². The number of carbonyl (C=O) groups is 1. The lowest BCUT2D eigenvalue weighted by atomic mass is 10.0. The average molecular weight is 402 g/mol. The predicted molar refractivity (Wildman–Crippen MR) is 106 cm³/mol. The van der Waals surface area contributed by atoms with Crippen LogP contribution >= 0.6 is 0 Å². The third-order valence-corrected chi connectivity index (χ3v) is 4.73. The summed E-state index contributed by atoms with van der Waals surface area (Å²) in [6.07, 6.45) is 2.62. The zero-order valence-corrected chi connectivity index (χ0v) is 16.0. The fraction of sp³-hybridized carbons (Fsp3) is 0.318. The molecule has 1 amide bonds. The van der Waals surface area contributed by atoms with Crippen LogP contribution in [0.1, 0.15) is 22.7 Å². The van der Waals surface area contributed by atoms with Crippen LogP contribution in [0.15, 0.2) is 48.5 Å². The maximum atomic E-state index is 13.2. The molecular formula is C22H24F2N2O3. The SMILES string of the molecule is O=C(C=Cc1ccc(F)c(F)c1)N[C@H](CO)c1cccc(CN2CCOCC2)c1. The van der Waals surface area contributed by atoms with Gasteiger partial charge < -0.3 is 15.2 Å². The summed E-state index contributed by atoms with van der Waals surface area (Å²) in [5.74, 6) is -2.35. The van der Waals surface area contributed by atoms with Gasteiger partial charge in [-0.3, -0.25) is 9.69 Å². The van der Waals surface area contributed by atoms with E-state index in [9.17, 15) is 18.7 Å². The highest BCUT2D eigenvalue weighted by molar-refractivity contribution is 5.92. The Morgan fingerprint density at radius 2 is 1.97 bits per heavy atom. The minimum atomic E-state index is -0.974. The summed E-state index contributed by atoms with van der Waals surface area (Å²) in [5.41, 5.74) is 2.26. The van der Waals surface area contributed by atoms with E-state index in [1.165, 1.54) is 18.2 Å². The van der Waals surface area contributed by atoms with Crippen molar-refractivity contribution in [3.8, 4) is 0 Å². The van der Waals surface area contributed by atoms with Gasteiger partial charge in [-0.05, 0) is 34.9 Å². The summed E-state index contributed by atoms with van der Waals surface area (Å²) >= 11 is 0. The van der Waals surface area contributed by atoms with Crippen molar-refractivity contribution in [1.82, 2.24) is 10.2 Å². The lowest BCUT2D eigenvalue weighted by molar-refractivity contribution is -0.117. The number of nitrogens with zero attached hydrogens (tertiary/aromatic N) is 1. The molecule has 0 aromatic heterocycles. The van der Waals surface area contributed by atoms with E-state index in [0.29, 0.717) is 5.56 Å². The molecule has 1 aliphatic rings. The van der Waals surface area contributed by atoms with Gasteiger partial charge in [-0.1, -0.05) is 30.3 Å². The molecular weight excluding hydrogens is 378 g/mol. The van der Waals surface area contributed by atoms with Crippen LogP contribution in [0.3, 0.4) is 0 Å². The maximum absolute atomic E-state index is 13.2. The molecule has 1 atom stereocenters. The number of nitrogens with one attached hydrogen (secondary N) is 1. The molecule has 2 aromatic carbocycles. The Hall–Kier alpha value is -2.61. The first-order valence-electron chi connectivity index (χ1n) is 9.48. The summed E-state index contributed by atoms with van der Waals surface area (Å²) < 4.78 is 31.6. The lowest BCUT2D eigenvalue weighted by Gasteiger charge is -2.27. The lowest BCUT2D eigenvalue weighted by Crippen LogP contribution is -2.35. The molecule has 5 nitrogen and oxygen atoms in total. The van der Waals surface area contributed by atoms with Gasteiger partial charge in [0.25, 0.3) is 0 Å². The standard InChI is InChI=1S/C22H24F2N2O3/c23-19-6-4-16(13-20(19)24)5-7-22(28)25-21(15-27)18-3-1-2-17(12-18)14-26-8-10-29-11-9-26/h1-7,12-13,21,27H,8-11,14-15H2,(H,25,28)/t21-/m1/s1. The number of hydrogen-bond acceptors (Lipinski definition) is 4. The normalized spacial score (nSPS) is 16.1. The van der Waals surface area contributed by atoms with Gasteiger partial charge in [-0.15, -0.1) is 0 Å². The van der Waals surface area contributed by atoms with Gasteiger partial charge in [0.2, 0.25) is 5.91 Å². The fourth-order valence-electron chi connectivity index (χ4n) is 3.17. The number of aliphatic hydroxyl groups excluding tert-OH is 1. The Labute approximate surface area is 168 Å². The molecule has 0 saturated carbocycles. The van der Waals surface area contributed by atoms with Crippen molar-refractivity contribution in [1.29, 1.82) is 0 Å². The smallest absolute Gasteiger partial charge is 0.244 e. The summed E-state index contributed by atoms with van der Waals surface area (Å²) in [5, 5.41) is 12.5. The van der Waals surface area contributed by atoms with Gasteiger partial charge in [-0.2, -0.15) is 0 Å². The van der Waals surface area contributed by atoms with E-state index >= 15 is 0 Å². The Bertz CT molecular complexity index is 867. The third-order valence-electron chi connectivity index (χ3n) is 4.73. The first kappa shape index (κ1) is 21.1. The second-order valence-electron chi connectivity index (χ2n) is 6.88. The van der Waals surface area contributed by atoms with Gasteiger partial charge in [-0.25, -0.2) is 8.78 Å². The van der Waals surface area contributed by atoms with Crippen LogP contribution in [-0.4, -0.2) is 48.8 Å². The minimum Gasteiger partial charge on any atom is -0.394 e. The quantitative estimate of drug-likeness (QED) is 0.699. The maximum Gasteiger partial charge on any atom is 0.244 e. The molecule has 0 aliphatic carbocycles. The van der Waals surface area contributed by atoms with E-state index < -0.39 is 23.6 Å². The van der Waals surface area contributed by atoms with Crippen LogP contribution in [0.25, 0.3) is 6.08 Å². The molecule has 1 fully saturated rings. The molecule has 2 aromatic rings.